The van der Waals surface area contributed by atoms with Gasteiger partial charge in [0.25, 0.3) is 0 Å². The summed E-state index contributed by atoms with van der Waals surface area (Å²) in [6.07, 6.45) is 4.35. The molecule has 4 rings (SSSR count). The second-order valence-electron chi connectivity index (χ2n) is 8.12. The molecule has 7 nitrogen and oxygen atoms in total. The van der Waals surface area contributed by atoms with E-state index in [0.717, 1.165) is 24.6 Å². The number of aromatic nitrogens is 2. The number of nitrogens with zero attached hydrogens (tertiary/aromatic N) is 3. The predicted octanol–water partition coefficient (Wildman–Crippen LogP) is 3.62. The number of hydrogen-bond acceptors (Lipinski definition) is 4. The number of para-hydroxylation sites is 1. The van der Waals surface area contributed by atoms with Gasteiger partial charge >= 0.3 is 6.03 Å². The third-order valence-corrected chi connectivity index (χ3v) is 5.95. The van der Waals surface area contributed by atoms with E-state index in [2.05, 4.69) is 15.6 Å². The molecule has 0 radical (unpaired) electrons. The zero-order valence-corrected chi connectivity index (χ0v) is 18.6. The lowest BCUT2D eigenvalue weighted by molar-refractivity contribution is 0.236. The summed E-state index contributed by atoms with van der Waals surface area (Å²) in [4.78, 5) is 19.2. The van der Waals surface area contributed by atoms with Crippen molar-refractivity contribution >= 4 is 11.7 Å². The van der Waals surface area contributed by atoms with E-state index >= 15 is 0 Å². The number of imidazole rings is 1. The van der Waals surface area contributed by atoms with Crippen molar-refractivity contribution in [2.24, 2.45) is 13.0 Å². The Morgan fingerprint density at radius 3 is 2.79 bits per heavy atom. The number of anilines is 1. The van der Waals surface area contributed by atoms with Gasteiger partial charge in [-0.1, -0.05) is 18.2 Å². The summed E-state index contributed by atoms with van der Waals surface area (Å²) in [5.74, 6) is -0.180. The maximum atomic E-state index is 13.6. The van der Waals surface area contributed by atoms with E-state index in [-0.39, 0.29) is 11.9 Å². The zero-order chi connectivity index (χ0) is 23.4. The standard InChI is InChI=1S/C24H27F2N5O2/c1-30-12-10-27-23(30)22(18-5-3-4-6-21(18)33-2)29-24(32)28-14-16-9-11-31(15-16)17-7-8-19(25)20(26)13-17/h3-8,10,12-13,16,22H,9,11,14-15H2,1-2H3,(H2,28,29,32). The van der Waals surface area contributed by atoms with Gasteiger partial charge in [0, 0.05) is 56.4 Å². The molecule has 2 amide bonds. The Morgan fingerprint density at radius 2 is 2.06 bits per heavy atom. The van der Waals surface area contributed by atoms with Crippen LogP contribution in [0.15, 0.2) is 54.9 Å². The molecule has 0 aliphatic carbocycles. The topological polar surface area (TPSA) is 71.4 Å². The van der Waals surface area contributed by atoms with Crippen molar-refractivity contribution in [2.75, 3.05) is 31.6 Å². The van der Waals surface area contributed by atoms with E-state index in [1.54, 1.807) is 19.4 Å². The van der Waals surface area contributed by atoms with Crippen molar-refractivity contribution in [1.29, 1.82) is 0 Å². The number of methoxy groups -OCH3 is 1. The number of carbonyl (C=O) groups is 1. The largest absolute Gasteiger partial charge is 0.496 e. The molecule has 0 saturated carbocycles. The molecule has 2 unspecified atom stereocenters. The minimum Gasteiger partial charge on any atom is -0.496 e. The van der Waals surface area contributed by atoms with Crippen LogP contribution in [0.25, 0.3) is 0 Å². The summed E-state index contributed by atoms with van der Waals surface area (Å²) in [5.41, 5.74) is 1.45. The fourth-order valence-corrected chi connectivity index (χ4v) is 4.18. The van der Waals surface area contributed by atoms with E-state index in [9.17, 15) is 13.6 Å². The minimum atomic E-state index is -0.856. The van der Waals surface area contributed by atoms with Crippen molar-refractivity contribution in [3.05, 3.63) is 77.9 Å². The number of aryl methyl sites for hydroxylation is 1. The molecule has 2 N–H and O–H groups in total. The van der Waals surface area contributed by atoms with Crippen molar-refractivity contribution in [2.45, 2.75) is 12.5 Å². The molecule has 2 heterocycles. The van der Waals surface area contributed by atoms with Crippen LogP contribution in [0.5, 0.6) is 5.75 Å². The van der Waals surface area contributed by atoms with E-state index < -0.39 is 17.7 Å². The highest BCUT2D eigenvalue weighted by Crippen LogP contribution is 2.29. The zero-order valence-electron chi connectivity index (χ0n) is 18.6. The molecule has 0 bridgehead atoms. The van der Waals surface area contributed by atoms with Gasteiger partial charge in [-0.15, -0.1) is 0 Å². The lowest BCUT2D eigenvalue weighted by Crippen LogP contribution is -2.41. The van der Waals surface area contributed by atoms with Crippen LogP contribution in [-0.2, 0) is 7.05 Å². The number of halogens is 2. The number of rotatable bonds is 7. The Bertz CT molecular complexity index is 1120. The molecule has 1 aliphatic heterocycles. The Balaban J connectivity index is 1.39. The second-order valence-corrected chi connectivity index (χ2v) is 8.12. The van der Waals surface area contributed by atoms with Crippen LogP contribution in [-0.4, -0.2) is 42.3 Å². The van der Waals surface area contributed by atoms with E-state index in [1.165, 1.54) is 6.07 Å². The molecule has 9 heteroatoms. The van der Waals surface area contributed by atoms with Crippen LogP contribution in [0.4, 0.5) is 19.3 Å². The Kier molecular flexibility index (Phi) is 6.76. The first-order valence-electron chi connectivity index (χ1n) is 10.8. The van der Waals surface area contributed by atoms with Crippen molar-refractivity contribution in [3.8, 4) is 5.75 Å². The average molecular weight is 456 g/mol. The fraction of sp³-hybridized carbons (Fsp3) is 0.333. The molecule has 3 aromatic rings. The molecular weight excluding hydrogens is 428 g/mol. The first kappa shape index (κ1) is 22.6. The minimum absolute atomic E-state index is 0.196. The van der Waals surface area contributed by atoms with Crippen molar-refractivity contribution in [3.63, 3.8) is 0 Å². The summed E-state index contributed by atoms with van der Waals surface area (Å²) in [6.45, 7) is 1.84. The summed E-state index contributed by atoms with van der Waals surface area (Å²) in [5, 5.41) is 5.96. The third-order valence-electron chi connectivity index (χ3n) is 5.95. The smallest absolute Gasteiger partial charge is 0.315 e. The van der Waals surface area contributed by atoms with Gasteiger partial charge in [0.15, 0.2) is 11.6 Å². The Labute approximate surface area is 191 Å². The molecule has 2 atom stereocenters. The first-order valence-corrected chi connectivity index (χ1v) is 10.8. The number of benzene rings is 2. The molecule has 0 spiro atoms. The molecule has 2 aromatic carbocycles. The van der Waals surface area contributed by atoms with Crippen LogP contribution in [0.3, 0.4) is 0 Å². The summed E-state index contributed by atoms with van der Waals surface area (Å²) < 4.78 is 34.1. The number of hydrogen-bond donors (Lipinski definition) is 2. The van der Waals surface area contributed by atoms with Crippen LogP contribution >= 0.6 is 0 Å². The van der Waals surface area contributed by atoms with Crippen molar-refractivity contribution in [1.82, 2.24) is 20.2 Å². The Hall–Kier alpha value is -3.62. The average Bonchev–Trinajstić information content (AvgIpc) is 3.47. The van der Waals surface area contributed by atoms with Gasteiger partial charge in [0.05, 0.1) is 7.11 Å². The first-order chi connectivity index (χ1) is 16.0. The van der Waals surface area contributed by atoms with Crippen LogP contribution in [0.2, 0.25) is 0 Å². The maximum absolute atomic E-state index is 13.6. The summed E-state index contributed by atoms with van der Waals surface area (Å²) in [7, 11) is 3.46. The number of nitrogens with one attached hydrogen (secondary N) is 2. The lowest BCUT2D eigenvalue weighted by Gasteiger charge is -2.22. The van der Waals surface area contributed by atoms with Gasteiger partial charge < -0.3 is 24.8 Å². The Morgan fingerprint density at radius 1 is 1.24 bits per heavy atom. The maximum Gasteiger partial charge on any atom is 0.315 e. The molecule has 1 aliphatic rings. The number of urea groups is 1. The quantitative estimate of drug-likeness (QED) is 0.571. The normalized spacial score (nSPS) is 16.5. The van der Waals surface area contributed by atoms with Gasteiger partial charge in [0.2, 0.25) is 0 Å². The van der Waals surface area contributed by atoms with Gasteiger partial charge in [-0.05, 0) is 30.5 Å². The van der Waals surface area contributed by atoms with Gasteiger partial charge in [0.1, 0.15) is 17.6 Å². The number of amides is 2. The third kappa shape index (κ3) is 5.08. The fourth-order valence-electron chi connectivity index (χ4n) is 4.18. The van der Waals surface area contributed by atoms with Crippen molar-refractivity contribution < 1.29 is 18.3 Å². The predicted molar refractivity (Wildman–Crippen MR) is 121 cm³/mol. The number of carbonyl (C=O) groups excluding carboxylic acids is 1. The second kappa shape index (κ2) is 9.89. The molecule has 1 saturated heterocycles. The molecule has 174 valence electrons. The van der Waals surface area contributed by atoms with E-state index in [4.69, 9.17) is 4.74 Å². The van der Waals surface area contributed by atoms with Crippen LogP contribution in [0.1, 0.15) is 23.9 Å². The monoisotopic (exact) mass is 455 g/mol. The summed E-state index contributed by atoms with van der Waals surface area (Å²) >= 11 is 0. The molecule has 1 fully saturated rings. The highest BCUT2D eigenvalue weighted by Gasteiger charge is 2.26. The molecular formula is C24H27F2N5O2. The van der Waals surface area contributed by atoms with E-state index in [0.29, 0.717) is 30.4 Å². The van der Waals surface area contributed by atoms with Gasteiger partial charge in [-0.2, -0.15) is 0 Å². The highest BCUT2D eigenvalue weighted by atomic mass is 19.2. The van der Waals surface area contributed by atoms with Crippen LogP contribution < -0.4 is 20.3 Å². The molecule has 1 aromatic heterocycles. The lowest BCUT2D eigenvalue weighted by atomic mass is 10.0. The van der Waals surface area contributed by atoms with Gasteiger partial charge in [-0.3, -0.25) is 0 Å². The van der Waals surface area contributed by atoms with Crippen LogP contribution in [0, 0.1) is 17.6 Å². The highest BCUT2D eigenvalue weighted by molar-refractivity contribution is 5.75. The number of ether oxygens (including phenoxy) is 1. The van der Waals surface area contributed by atoms with Gasteiger partial charge in [-0.25, -0.2) is 18.6 Å². The summed E-state index contributed by atoms with van der Waals surface area (Å²) in [6, 6.07) is 10.6. The molecule has 33 heavy (non-hydrogen) atoms. The van der Waals surface area contributed by atoms with E-state index in [1.807, 2.05) is 47.0 Å². The SMILES string of the molecule is COc1ccccc1C(NC(=O)NCC1CCN(c2ccc(F)c(F)c2)C1)c1nccn1C.